The quantitative estimate of drug-likeness (QED) is 0.541. The summed E-state index contributed by atoms with van der Waals surface area (Å²) in [5.41, 5.74) is 0.405. The maximum atomic E-state index is 12.8. The van der Waals surface area contributed by atoms with Gasteiger partial charge in [0.1, 0.15) is 12.1 Å². The van der Waals surface area contributed by atoms with Gasteiger partial charge in [0.15, 0.2) is 6.61 Å². The highest BCUT2D eigenvalue weighted by atomic mass is 16.5. The number of nitrogens with zero attached hydrogens (tertiary/aromatic N) is 1. The lowest BCUT2D eigenvalue weighted by atomic mass is 9.91. The van der Waals surface area contributed by atoms with Crippen molar-refractivity contribution in [3.8, 4) is 0 Å². The zero-order chi connectivity index (χ0) is 20.5. The molecule has 1 heterocycles. The van der Waals surface area contributed by atoms with Gasteiger partial charge in [-0.3, -0.25) is 19.3 Å². The molecular weight excluding hydrogens is 362 g/mol. The first-order valence-corrected chi connectivity index (χ1v) is 9.37. The fraction of sp³-hybridized carbons (Fsp3) is 0.500. The maximum Gasteiger partial charge on any atom is 0.326 e. The number of imide groups is 1. The molecule has 8 heteroatoms. The van der Waals surface area contributed by atoms with Crippen LogP contribution < -0.4 is 10.6 Å². The summed E-state index contributed by atoms with van der Waals surface area (Å²) < 4.78 is 4.93. The van der Waals surface area contributed by atoms with E-state index in [0.717, 1.165) is 23.3 Å². The lowest BCUT2D eigenvalue weighted by molar-refractivity contribution is -0.151. The third-order valence-electron chi connectivity index (χ3n) is 5.27. The van der Waals surface area contributed by atoms with Crippen molar-refractivity contribution in [3.63, 3.8) is 0 Å². The van der Waals surface area contributed by atoms with E-state index in [0.29, 0.717) is 11.5 Å². The summed E-state index contributed by atoms with van der Waals surface area (Å²) in [7, 11) is 0. The highest BCUT2D eigenvalue weighted by Crippen LogP contribution is 2.32. The normalized spacial score (nSPS) is 22.6. The Balaban J connectivity index is 1.55. The molecule has 2 fully saturated rings. The molecule has 0 spiro atoms. The van der Waals surface area contributed by atoms with Crippen molar-refractivity contribution >= 4 is 23.8 Å². The van der Waals surface area contributed by atoms with Crippen molar-refractivity contribution in [1.29, 1.82) is 0 Å². The SMILES string of the molecule is Cc1ccc([C@@]2(C)NC(=O)N(CC(=O)OCC(=O)N[C@H](C)C3CC3)C2=O)cc1. The molecule has 0 radical (unpaired) electrons. The zero-order valence-electron chi connectivity index (χ0n) is 16.3. The first kappa shape index (κ1) is 19.9. The van der Waals surface area contributed by atoms with E-state index in [9.17, 15) is 19.2 Å². The first-order valence-electron chi connectivity index (χ1n) is 9.37. The van der Waals surface area contributed by atoms with Crippen LogP contribution in [-0.4, -0.2) is 47.9 Å². The fourth-order valence-electron chi connectivity index (χ4n) is 3.25. The number of ether oxygens (including phenoxy) is 1. The van der Waals surface area contributed by atoms with Gasteiger partial charge in [0.2, 0.25) is 0 Å². The number of nitrogens with one attached hydrogen (secondary N) is 2. The minimum absolute atomic E-state index is 0.0485. The summed E-state index contributed by atoms with van der Waals surface area (Å²) >= 11 is 0. The van der Waals surface area contributed by atoms with Crippen LogP contribution in [0.1, 0.15) is 37.8 Å². The van der Waals surface area contributed by atoms with E-state index in [1.165, 1.54) is 0 Å². The Kier molecular flexibility index (Phi) is 5.40. The monoisotopic (exact) mass is 387 g/mol. The highest BCUT2D eigenvalue weighted by Gasteiger charge is 2.49. The van der Waals surface area contributed by atoms with E-state index >= 15 is 0 Å². The Bertz CT molecular complexity index is 803. The molecule has 0 bridgehead atoms. The number of esters is 1. The van der Waals surface area contributed by atoms with Gasteiger partial charge in [-0.2, -0.15) is 0 Å². The fourth-order valence-corrected chi connectivity index (χ4v) is 3.25. The van der Waals surface area contributed by atoms with Crippen LogP contribution in [0, 0.1) is 12.8 Å². The van der Waals surface area contributed by atoms with Gasteiger partial charge in [0.05, 0.1) is 0 Å². The predicted octanol–water partition coefficient (Wildman–Crippen LogP) is 1.22. The van der Waals surface area contributed by atoms with E-state index in [2.05, 4.69) is 10.6 Å². The van der Waals surface area contributed by atoms with Crippen LogP contribution in [0.2, 0.25) is 0 Å². The van der Waals surface area contributed by atoms with Gasteiger partial charge in [-0.05, 0) is 45.1 Å². The summed E-state index contributed by atoms with van der Waals surface area (Å²) in [5.74, 6) is -1.25. The summed E-state index contributed by atoms with van der Waals surface area (Å²) in [4.78, 5) is 49.7. The van der Waals surface area contributed by atoms with Gasteiger partial charge in [-0.25, -0.2) is 4.79 Å². The number of urea groups is 1. The average molecular weight is 387 g/mol. The third kappa shape index (κ3) is 4.16. The number of hydrogen-bond donors (Lipinski definition) is 2. The molecule has 0 unspecified atom stereocenters. The van der Waals surface area contributed by atoms with Crippen molar-refractivity contribution in [1.82, 2.24) is 15.5 Å². The minimum Gasteiger partial charge on any atom is -0.454 e. The number of carbonyl (C=O) groups excluding carboxylic acids is 4. The number of amides is 4. The van der Waals surface area contributed by atoms with Gasteiger partial charge in [0, 0.05) is 6.04 Å². The molecule has 1 aromatic rings. The van der Waals surface area contributed by atoms with Crippen LogP contribution in [-0.2, 0) is 24.7 Å². The topological polar surface area (TPSA) is 105 Å². The Hall–Kier alpha value is -2.90. The number of rotatable bonds is 7. The molecule has 1 aromatic carbocycles. The second-order valence-corrected chi connectivity index (χ2v) is 7.67. The van der Waals surface area contributed by atoms with Gasteiger partial charge in [0.25, 0.3) is 11.8 Å². The summed E-state index contributed by atoms with van der Waals surface area (Å²) in [6.45, 7) is 4.45. The first-order chi connectivity index (χ1) is 13.2. The van der Waals surface area contributed by atoms with Crippen molar-refractivity contribution in [2.45, 2.75) is 45.2 Å². The molecule has 8 nitrogen and oxygen atoms in total. The Morgan fingerprint density at radius 2 is 1.93 bits per heavy atom. The highest BCUT2D eigenvalue weighted by molar-refractivity contribution is 6.08. The van der Waals surface area contributed by atoms with Crippen molar-refractivity contribution in [3.05, 3.63) is 35.4 Å². The number of benzene rings is 1. The van der Waals surface area contributed by atoms with Crippen LogP contribution in [0.15, 0.2) is 24.3 Å². The summed E-state index contributed by atoms with van der Waals surface area (Å²) in [5, 5.41) is 5.40. The molecule has 1 saturated heterocycles. The second-order valence-electron chi connectivity index (χ2n) is 7.67. The van der Waals surface area contributed by atoms with Crippen LogP contribution >= 0.6 is 0 Å². The smallest absolute Gasteiger partial charge is 0.326 e. The third-order valence-corrected chi connectivity index (χ3v) is 5.27. The molecule has 150 valence electrons. The van der Waals surface area contributed by atoms with Crippen LogP contribution in [0.3, 0.4) is 0 Å². The number of hydrogen-bond acceptors (Lipinski definition) is 5. The lowest BCUT2D eigenvalue weighted by Gasteiger charge is -2.22. The Labute approximate surface area is 163 Å². The maximum absolute atomic E-state index is 12.8. The molecular formula is C20H25N3O5. The summed E-state index contributed by atoms with van der Waals surface area (Å²) in [6, 6.07) is 6.60. The molecule has 3 rings (SSSR count). The van der Waals surface area contributed by atoms with Gasteiger partial charge in [-0.1, -0.05) is 29.8 Å². The predicted molar refractivity (Wildman–Crippen MR) is 100 cm³/mol. The molecule has 1 aliphatic carbocycles. The number of carbonyl (C=O) groups is 4. The molecule has 4 amide bonds. The standard InChI is InChI=1S/C20H25N3O5/c1-12-4-8-15(9-5-12)20(3)18(26)23(19(27)22-20)10-17(25)28-11-16(24)21-13(2)14-6-7-14/h4-5,8-9,13-14H,6-7,10-11H2,1-3H3,(H,21,24)(H,22,27)/t13-,20-/m1/s1. The second kappa shape index (κ2) is 7.61. The number of aryl methyl sites for hydroxylation is 1. The summed E-state index contributed by atoms with van der Waals surface area (Å²) in [6.07, 6.45) is 2.18. The molecule has 1 aliphatic heterocycles. The largest absolute Gasteiger partial charge is 0.454 e. The Morgan fingerprint density at radius 1 is 1.29 bits per heavy atom. The van der Waals surface area contributed by atoms with Gasteiger partial charge in [-0.15, -0.1) is 0 Å². The van der Waals surface area contributed by atoms with E-state index in [4.69, 9.17) is 4.74 Å². The van der Waals surface area contributed by atoms with E-state index < -0.39 is 42.5 Å². The van der Waals surface area contributed by atoms with Crippen molar-refractivity contribution < 1.29 is 23.9 Å². The van der Waals surface area contributed by atoms with Crippen LogP contribution in [0.4, 0.5) is 4.79 Å². The average Bonchev–Trinajstić information content (AvgIpc) is 3.46. The zero-order valence-corrected chi connectivity index (χ0v) is 16.3. The van der Waals surface area contributed by atoms with Crippen LogP contribution in [0.25, 0.3) is 0 Å². The van der Waals surface area contributed by atoms with Crippen LogP contribution in [0.5, 0.6) is 0 Å². The van der Waals surface area contributed by atoms with E-state index in [1.807, 2.05) is 26.0 Å². The van der Waals surface area contributed by atoms with Gasteiger partial charge < -0.3 is 15.4 Å². The van der Waals surface area contributed by atoms with Gasteiger partial charge >= 0.3 is 12.0 Å². The minimum atomic E-state index is -1.25. The molecule has 2 atom stereocenters. The molecule has 2 aliphatic rings. The van der Waals surface area contributed by atoms with E-state index in [-0.39, 0.29) is 6.04 Å². The van der Waals surface area contributed by atoms with Crippen molar-refractivity contribution in [2.75, 3.05) is 13.2 Å². The van der Waals surface area contributed by atoms with Crippen molar-refractivity contribution in [2.24, 2.45) is 5.92 Å². The molecule has 28 heavy (non-hydrogen) atoms. The van der Waals surface area contributed by atoms with E-state index in [1.54, 1.807) is 19.1 Å². The Morgan fingerprint density at radius 3 is 2.54 bits per heavy atom. The lowest BCUT2D eigenvalue weighted by Crippen LogP contribution is -2.42. The molecule has 0 aromatic heterocycles. The molecule has 1 saturated carbocycles. The molecule has 2 N–H and O–H groups in total.